The summed E-state index contributed by atoms with van der Waals surface area (Å²) in [6.07, 6.45) is 3.54. The highest BCUT2D eigenvalue weighted by atomic mass is 32.2. The number of aliphatic hydroxyl groups excluding tert-OH is 1. The highest BCUT2D eigenvalue weighted by Crippen LogP contribution is 2.15. The number of hydrogen-bond acceptors (Lipinski definition) is 2. The summed E-state index contributed by atoms with van der Waals surface area (Å²) >= 11 is 1.98. The Morgan fingerprint density at radius 3 is 2.36 bits per heavy atom. The Morgan fingerprint density at radius 2 is 1.91 bits per heavy atom. The summed E-state index contributed by atoms with van der Waals surface area (Å²) in [6, 6.07) is 0. The van der Waals surface area contributed by atoms with E-state index in [1.165, 1.54) is 18.6 Å². The number of thioether (sulfide) groups is 1. The lowest BCUT2D eigenvalue weighted by molar-refractivity contribution is 0.296. The van der Waals surface area contributed by atoms with Crippen LogP contribution in [0.4, 0.5) is 0 Å². The highest BCUT2D eigenvalue weighted by molar-refractivity contribution is 7.99. The summed E-state index contributed by atoms with van der Waals surface area (Å²) in [5.41, 5.74) is 0. The van der Waals surface area contributed by atoms with Crippen molar-refractivity contribution in [2.45, 2.75) is 33.1 Å². The van der Waals surface area contributed by atoms with Crippen LogP contribution in [0.15, 0.2) is 0 Å². The summed E-state index contributed by atoms with van der Waals surface area (Å²) < 4.78 is 0. The number of aliphatic hydroxyl groups is 1. The quantitative estimate of drug-likeness (QED) is 0.602. The standard InChI is InChI=1S/C9H20OS/c1-3-9(4-2)8-11-7-5-6-10/h9-10H,3-8H2,1-2H3. The fraction of sp³-hybridized carbons (Fsp3) is 1.00. The maximum Gasteiger partial charge on any atom is 0.0438 e. The number of hydrogen-bond donors (Lipinski definition) is 1. The van der Waals surface area contributed by atoms with Gasteiger partial charge in [0, 0.05) is 6.61 Å². The molecule has 0 aliphatic heterocycles. The second-order valence-electron chi connectivity index (χ2n) is 2.83. The van der Waals surface area contributed by atoms with Gasteiger partial charge in [-0.15, -0.1) is 0 Å². The average molecular weight is 176 g/mol. The third-order valence-corrected chi connectivity index (χ3v) is 3.24. The minimum absolute atomic E-state index is 0.343. The molecule has 0 spiro atoms. The molecule has 0 saturated heterocycles. The molecule has 0 aromatic heterocycles. The van der Waals surface area contributed by atoms with Gasteiger partial charge >= 0.3 is 0 Å². The summed E-state index contributed by atoms with van der Waals surface area (Å²) in [5.74, 6) is 3.28. The second-order valence-corrected chi connectivity index (χ2v) is 3.98. The zero-order valence-electron chi connectivity index (χ0n) is 7.68. The highest BCUT2D eigenvalue weighted by Gasteiger charge is 2.01. The van der Waals surface area contributed by atoms with Crippen LogP contribution < -0.4 is 0 Å². The molecule has 0 aliphatic rings. The van der Waals surface area contributed by atoms with Gasteiger partial charge in [-0.1, -0.05) is 26.7 Å². The molecule has 0 heterocycles. The lowest BCUT2D eigenvalue weighted by Crippen LogP contribution is -2.01. The molecule has 11 heavy (non-hydrogen) atoms. The Labute approximate surface area is 74.6 Å². The molecule has 0 saturated carbocycles. The van der Waals surface area contributed by atoms with Crippen molar-refractivity contribution in [2.75, 3.05) is 18.1 Å². The van der Waals surface area contributed by atoms with E-state index in [9.17, 15) is 0 Å². The first-order chi connectivity index (χ1) is 5.35. The third kappa shape index (κ3) is 6.70. The van der Waals surface area contributed by atoms with E-state index >= 15 is 0 Å². The fourth-order valence-electron chi connectivity index (χ4n) is 0.941. The van der Waals surface area contributed by atoms with Gasteiger partial charge in [0.15, 0.2) is 0 Å². The van der Waals surface area contributed by atoms with E-state index in [4.69, 9.17) is 5.11 Å². The lowest BCUT2D eigenvalue weighted by atomic mass is 10.1. The van der Waals surface area contributed by atoms with E-state index in [2.05, 4.69) is 13.8 Å². The van der Waals surface area contributed by atoms with Gasteiger partial charge in [-0.2, -0.15) is 11.8 Å². The Bertz CT molecular complexity index is 72.0. The van der Waals surface area contributed by atoms with Crippen LogP contribution in [0.2, 0.25) is 0 Å². The third-order valence-electron chi connectivity index (χ3n) is 1.96. The molecule has 1 nitrogen and oxygen atoms in total. The normalized spacial score (nSPS) is 10.9. The summed E-state index contributed by atoms with van der Waals surface area (Å²) in [5, 5.41) is 8.53. The van der Waals surface area contributed by atoms with Crippen molar-refractivity contribution in [1.29, 1.82) is 0 Å². The van der Waals surface area contributed by atoms with E-state index in [0.29, 0.717) is 6.61 Å². The van der Waals surface area contributed by atoms with E-state index in [0.717, 1.165) is 18.1 Å². The van der Waals surface area contributed by atoms with Crippen LogP contribution in [-0.2, 0) is 0 Å². The minimum atomic E-state index is 0.343. The SMILES string of the molecule is CCC(CC)CSCCCO. The topological polar surface area (TPSA) is 20.2 Å². The molecule has 0 fully saturated rings. The van der Waals surface area contributed by atoms with Gasteiger partial charge in [0.05, 0.1) is 0 Å². The first kappa shape index (κ1) is 11.3. The van der Waals surface area contributed by atoms with Gasteiger partial charge in [0.25, 0.3) is 0 Å². The van der Waals surface area contributed by atoms with Crippen molar-refractivity contribution in [1.82, 2.24) is 0 Å². The molecule has 0 bridgehead atoms. The van der Waals surface area contributed by atoms with Crippen molar-refractivity contribution >= 4 is 11.8 Å². The van der Waals surface area contributed by atoms with E-state index in [-0.39, 0.29) is 0 Å². The van der Waals surface area contributed by atoms with E-state index in [1.807, 2.05) is 11.8 Å². The molecule has 0 radical (unpaired) electrons. The molecule has 0 amide bonds. The maximum absolute atomic E-state index is 8.53. The van der Waals surface area contributed by atoms with Crippen LogP contribution in [0.1, 0.15) is 33.1 Å². The van der Waals surface area contributed by atoms with Crippen molar-refractivity contribution in [3.05, 3.63) is 0 Å². The zero-order valence-corrected chi connectivity index (χ0v) is 8.49. The van der Waals surface area contributed by atoms with Crippen LogP contribution in [0, 0.1) is 5.92 Å². The Kier molecular flexibility index (Phi) is 8.64. The molecular weight excluding hydrogens is 156 g/mol. The van der Waals surface area contributed by atoms with Gasteiger partial charge < -0.3 is 5.11 Å². The Balaban J connectivity index is 3.07. The number of rotatable bonds is 7. The lowest BCUT2D eigenvalue weighted by Gasteiger charge is -2.10. The first-order valence-electron chi connectivity index (χ1n) is 4.53. The molecule has 0 aromatic carbocycles. The van der Waals surface area contributed by atoms with Gasteiger partial charge in [-0.3, -0.25) is 0 Å². The molecule has 68 valence electrons. The van der Waals surface area contributed by atoms with Crippen LogP contribution in [0.3, 0.4) is 0 Å². The monoisotopic (exact) mass is 176 g/mol. The summed E-state index contributed by atoms with van der Waals surface area (Å²) in [4.78, 5) is 0. The van der Waals surface area contributed by atoms with E-state index < -0.39 is 0 Å². The molecule has 0 aromatic rings. The predicted octanol–water partition coefficient (Wildman–Crippen LogP) is 2.54. The van der Waals surface area contributed by atoms with Crippen molar-refractivity contribution in [3.8, 4) is 0 Å². The van der Waals surface area contributed by atoms with E-state index in [1.54, 1.807) is 0 Å². The Hall–Kier alpha value is 0.310. The fourth-order valence-corrected chi connectivity index (χ4v) is 2.25. The summed E-state index contributed by atoms with van der Waals surface area (Å²) in [6.45, 7) is 4.84. The molecule has 0 unspecified atom stereocenters. The molecule has 2 heteroatoms. The molecular formula is C9H20OS. The van der Waals surface area contributed by atoms with Crippen molar-refractivity contribution in [3.63, 3.8) is 0 Å². The van der Waals surface area contributed by atoms with Crippen molar-refractivity contribution in [2.24, 2.45) is 5.92 Å². The molecule has 1 N–H and O–H groups in total. The minimum Gasteiger partial charge on any atom is -0.396 e. The zero-order chi connectivity index (χ0) is 8.53. The van der Waals surface area contributed by atoms with Gasteiger partial charge in [0.1, 0.15) is 0 Å². The van der Waals surface area contributed by atoms with Gasteiger partial charge in [-0.25, -0.2) is 0 Å². The molecule has 0 aliphatic carbocycles. The first-order valence-corrected chi connectivity index (χ1v) is 5.69. The van der Waals surface area contributed by atoms with Crippen LogP contribution in [0.5, 0.6) is 0 Å². The second kappa shape index (κ2) is 8.41. The van der Waals surface area contributed by atoms with Crippen molar-refractivity contribution < 1.29 is 5.11 Å². The summed E-state index contributed by atoms with van der Waals surface area (Å²) in [7, 11) is 0. The van der Waals surface area contributed by atoms with Crippen LogP contribution >= 0.6 is 11.8 Å². The molecule has 0 atom stereocenters. The van der Waals surface area contributed by atoms with Crippen LogP contribution in [0.25, 0.3) is 0 Å². The Morgan fingerprint density at radius 1 is 1.27 bits per heavy atom. The molecule has 0 rings (SSSR count). The van der Waals surface area contributed by atoms with Gasteiger partial charge in [-0.05, 0) is 23.8 Å². The maximum atomic E-state index is 8.53. The van der Waals surface area contributed by atoms with Gasteiger partial charge in [0.2, 0.25) is 0 Å². The predicted molar refractivity (Wildman–Crippen MR) is 53.1 cm³/mol. The van der Waals surface area contributed by atoms with Crippen LogP contribution in [-0.4, -0.2) is 23.2 Å². The average Bonchev–Trinajstić information content (AvgIpc) is 2.05. The largest absolute Gasteiger partial charge is 0.396 e. The smallest absolute Gasteiger partial charge is 0.0438 e.